The molecule has 29 heavy (non-hydrogen) atoms. The van der Waals surface area contributed by atoms with E-state index in [1.165, 1.54) is 11.9 Å². The van der Waals surface area contributed by atoms with Gasteiger partial charge in [-0.1, -0.05) is 12.1 Å². The predicted octanol–water partition coefficient (Wildman–Crippen LogP) is 2.71. The van der Waals surface area contributed by atoms with Gasteiger partial charge in [0.05, 0.1) is 25.9 Å². The van der Waals surface area contributed by atoms with Gasteiger partial charge in [-0.05, 0) is 38.9 Å². The Morgan fingerprint density at radius 1 is 1.34 bits per heavy atom. The van der Waals surface area contributed by atoms with E-state index in [0.717, 1.165) is 37.4 Å². The summed E-state index contributed by atoms with van der Waals surface area (Å²) < 4.78 is 42.8. The minimum Gasteiger partial charge on any atom is -0.495 e. The van der Waals surface area contributed by atoms with Crippen LogP contribution in [0.25, 0.3) is 0 Å². The number of anilines is 1. The highest BCUT2D eigenvalue weighted by atomic mass is 19.4. The first-order chi connectivity index (χ1) is 13.8. The first kappa shape index (κ1) is 23.1. The van der Waals surface area contributed by atoms with Crippen molar-refractivity contribution >= 4 is 11.6 Å². The minimum absolute atomic E-state index is 0.194. The van der Waals surface area contributed by atoms with Crippen LogP contribution < -0.4 is 20.3 Å². The molecule has 1 aliphatic rings. The number of methoxy groups -OCH3 is 1. The Hall–Kier alpha value is -2.16. The SMILES string of the molecule is CCNC(=NCCN(C)CC(F)(F)F)NC1CCCN(c2ccccc2OC)C1. The second kappa shape index (κ2) is 11.1. The van der Waals surface area contributed by atoms with Crippen molar-refractivity contribution in [3.05, 3.63) is 24.3 Å². The lowest BCUT2D eigenvalue weighted by Crippen LogP contribution is -2.51. The number of benzene rings is 1. The van der Waals surface area contributed by atoms with Crippen LogP contribution in [0.5, 0.6) is 5.75 Å². The molecule has 1 fully saturated rings. The van der Waals surface area contributed by atoms with Crippen molar-refractivity contribution in [1.29, 1.82) is 0 Å². The fourth-order valence-electron chi connectivity index (χ4n) is 3.44. The van der Waals surface area contributed by atoms with Crippen LogP contribution in [0.4, 0.5) is 18.9 Å². The summed E-state index contributed by atoms with van der Waals surface area (Å²) in [7, 11) is 3.12. The number of aliphatic imine (C=N–C) groups is 1. The molecule has 6 nitrogen and oxygen atoms in total. The Balaban J connectivity index is 1.93. The summed E-state index contributed by atoms with van der Waals surface area (Å²) in [6.07, 6.45) is -2.15. The number of hydrogen-bond donors (Lipinski definition) is 2. The third-order valence-electron chi connectivity index (χ3n) is 4.73. The highest BCUT2D eigenvalue weighted by molar-refractivity contribution is 5.80. The zero-order valence-corrected chi connectivity index (χ0v) is 17.4. The van der Waals surface area contributed by atoms with Crippen molar-refractivity contribution < 1.29 is 17.9 Å². The Kier molecular flexibility index (Phi) is 8.88. The van der Waals surface area contributed by atoms with Crippen LogP contribution >= 0.6 is 0 Å². The lowest BCUT2D eigenvalue weighted by molar-refractivity contribution is -0.142. The summed E-state index contributed by atoms with van der Waals surface area (Å²) in [5, 5.41) is 6.62. The molecule has 0 saturated carbocycles. The summed E-state index contributed by atoms with van der Waals surface area (Å²) in [4.78, 5) is 7.98. The van der Waals surface area contributed by atoms with Gasteiger partial charge < -0.3 is 20.3 Å². The lowest BCUT2D eigenvalue weighted by atomic mass is 10.0. The van der Waals surface area contributed by atoms with Crippen LogP contribution in [-0.2, 0) is 0 Å². The van der Waals surface area contributed by atoms with E-state index in [9.17, 15) is 13.2 Å². The van der Waals surface area contributed by atoms with E-state index in [2.05, 4.69) is 26.6 Å². The quantitative estimate of drug-likeness (QED) is 0.505. The van der Waals surface area contributed by atoms with Crippen LogP contribution in [0, 0.1) is 0 Å². The van der Waals surface area contributed by atoms with Crippen LogP contribution in [0.2, 0.25) is 0 Å². The molecule has 0 amide bonds. The topological polar surface area (TPSA) is 52.1 Å². The number of piperidine rings is 1. The van der Waals surface area contributed by atoms with Crippen molar-refractivity contribution in [1.82, 2.24) is 15.5 Å². The molecule has 164 valence electrons. The van der Waals surface area contributed by atoms with Crippen LogP contribution in [0.3, 0.4) is 0 Å². The number of likely N-dealkylation sites (N-methyl/N-ethyl adjacent to an activating group) is 1. The summed E-state index contributed by atoms with van der Waals surface area (Å²) in [6, 6.07) is 8.15. The molecule has 1 unspecified atom stereocenters. The van der Waals surface area contributed by atoms with E-state index < -0.39 is 12.7 Å². The van der Waals surface area contributed by atoms with Crippen LogP contribution in [0.15, 0.2) is 29.3 Å². The summed E-state index contributed by atoms with van der Waals surface area (Å²) in [5.74, 6) is 1.49. The van der Waals surface area contributed by atoms with E-state index in [0.29, 0.717) is 19.0 Å². The van der Waals surface area contributed by atoms with Gasteiger partial charge in [-0.15, -0.1) is 0 Å². The van der Waals surface area contributed by atoms with E-state index in [-0.39, 0.29) is 12.6 Å². The smallest absolute Gasteiger partial charge is 0.401 e. The van der Waals surface area contributed by atoms with E-state index >= 15 is 0 Å². The number of guanidine groups is 1. The largest absolute Gasteiger partial charge is 0.495 e. The number of nitrogens with zero attached hydrogens (tertiary/aromatic N) is 3. The van der Waals surface area contributed by atoms with Crippen molar-refractivity contribution in [2.45, 2.75) is 32.0 Å². The molecule has 1 atom stereocenters. The summed E-state index contributed by atoms with van der Waals surface area (Å²) in [5.41, 5.74) is 1.07. The van der Waals surface area contributed by atoms with Crippen LogP contribution in [-0.4, -0.2) is 76.5 Å². The zero-order chi connectivity index (χ0) is 21.3. The molecule has 0 spiro atoms. The highest BCUT2D eigenvalue weighted by Gasteiger charge is 2.29. The van der Waals surface area contributed by atoms with Gasteiger partial charge in [0.1, 0.15) is 5.75 Å². The third kappa shape index (κ3) is 8.00. The molecule has 0 radical (unpaired) electrons. The fraction of sp³-hybridized carbons (Fsp3) is 0.650. The second-order valence-corrected chi connectivity index (χ2v) is 7.21. The third-order valence-corrected chi connectivity index (χ3v) is 4.73. The lowest BCUT2D eigenvalue weighted by Gasteiger charge is -2.36. The number of ether oxygens (including phenoxy) is 1. The van der Waals surface area contributed by atoms with E-state index in [1.807, 2.05) is 25.1 Å². The molecule has 1 saturated heterocycles. The maximum atomic E-state index is 12.4. The molecule has 0 bridgehead atoms. The normalized spacial score (nSPS) is 18.1. The van der Waals surface area contributed by atoms with Crippen molar-refractivity contribution in [3.8, 4) is 5.75 Å². The van der Waals surface area contributed by atoms with Gasteiger partial charge in [-0.2, -0.15) is 13.2 Å². The van der Waals surface area contributed by atoms with Crippen molar-refractivity contribution in [2.24, 2.45) is 4.99 Å². The molecular weight excluding hydrogens is 383 g/mol. The van der Waals surface area contributed by atoms with Gasteiger partial charge in [-0.3, -0.25) is 9.89 Å². The molecule has 1 aromatic rings. The van der Waals surface area contributed by atoms with Crippen LogP contribution in [0.1, 0.15) is 19.8 Å². The second-order valence-electron chi connectivity index (χ2n) is 7.21. The molecule has 9 heteroatoms. The monoisotopic (exact) mass is 415 g/mol. The maximum absolute atomic E-state index is 12.4. The van der Waals surface area contributed by atoms with Crippen molar-refractivity contribution in [3.63, 3.8) is 0 Å². The Labute approximate surface area is 171 Å². The number of nitrogens with one attached hydrogen (secondary N) is 2. The number of para-hydroxylation sites is 2. The van der Waals surface area contributed by atoms with Gasteiger partial charge in [0.25, 0.3) is 0 Å². The molecular formula is C20H32F3N5O. The standard InChI is InChI=1S/C20H32F3N5O/c1-4-24-19(25-11-13-27(2)15-20(21,22)23)26-16-8-7-12-28(14-16)17-9-5-6-10-18(17)29-3/h5-6,9-10,16H,4,7-8,11-15H2,1-3H3,(H2,24,25,26). The molecule has 1 aromatic carbocycles. The number of halogens is 3. The zero-order valence-electron chi connectivity index (χ0n) is 17.4. The van der Waals surface area contributed by atoms with Gasteiger partial charge >= 0.3 is 6.18 Å². The molecule has 2 rings (SSSR count). The van der Waals surface area contributed by atoms with E-state index in [4.69, 9.17) is 4.74 Å². The predicted molar refractivity (Wildman–Crippen MR) is 111 cm³/mol. The Bertz CT molecular complexity index is 653. The average Bonchev–Trinajstić information content (AvgIpc) is 2.67. The van der Waals surface area contributed by atoms with E-state index in [1.54, 1.807) is 7.11 Å². The summed E-state index contributed by atoms with van der Waals surface area (Å²) in [6.45, 7) is 4.03. The van der Waals surface area contributed by atoms with Gasteiger partial charge in [0.15, 0.2) is 5.96 Å². The molecule has 0 aliphatic carbocycles. The van der Waals surface area contributed by atoms with Gasteiger partial charge in [0, 0.05) is 32.2 Å². The number of hydrogen-bond acceptors (Lipinski definition) is 4. The number of rotatable bonds is 8. The minimum atomic E-state index is -4.19. The molecule has 1 heterocycles. The Morgan fingerprint density at radius 3 is 2.79 bits per heavy atom. The number of alkyl halides is 3. The highest BCUT2D eigenvalue weighted by Crippen LogP contribution is 2.29. The fourth-order valence-corrected chi connectivity index (χ4v) is 3.44. The molecule has 0 aromatic heterocycles. The van der Waals surface area contributed by atoms with Gasteiger partial charge in [0.2, 0.25) is 0 Å². The average molecular weight is 416 g/mol. The first-order valence-corrected chi connectivity index (χ1v) is 10.0. The summed E-state index contributed by atoms with van der Waals surface area (Å²) >= 11 is 0. The first-order valence-electron chi connectivity index (χ1n) is 10.0. The molecule has 2 N–H and O–H groups in total. The van der Waals surface area contributed by atoms with Gasteiger partial charge in [-0.25, -0.2) is 0 Å². The Morgan fingerprint density at radius 2 is 2.10 bits per heavy atom. The molecule has 1 aliphatic heterocycles. The van der Waals surface area contributed by atoms with Crippen molar-refractivity contribution in [2.75, 3.05) is 58.3 Å². The maximum Gasteiger partial charge on any atom is 0.401 e.